The lowest BCUT2D eigenvalue weighted by atomic mass is 10.0. The SMILES string of the molecule is Cc1cc(C)nc(N[C@H](C)C[C@H](O)c2ccccc2)n1. The van der Waals surface area contributed by atoms with Crippen molar-refractivity contribution in [2.24, 2.45) is 0 Å². The summed E-state index contributed by atoms with van der Waals surface area (Å²) in [5, 5.41) is 13.4. The maximum absolute atomic E-state index is 10.2. The molecule has 4 heteroatoms. The third kappa shape index (κ3) is 4.03. The number of benzene rings is 1. The fourth-order valence-electron chi connectivity index (χ4n) is 2.22. The van der Waals surface area contributed by atoms with Gasteiger partial charge in [-0.3, -0.25) is 0 Å². The highest BCUT2D eigenvalue weighted by molar-refractivity contribution is 5.29. The van der Waals surface area contributed by atoms with Crippen molar-refractivity contribution in [1.82, 2.24) is 9.97 Å². The van der Waals surface area contributed by atoms with E-state index in [1.54, 1.807) is 0 Å². The van der Waals surface area contributed by atoms with Gasteiger partial charge in [-0.25, -0.2) is 9.97 Å². The van der Waals surface area contributed by atoms with Crippen LogP contribution in [0.3, 0.4) is 0 Å². The average molecular weight is 271 g/mol. The molecule has 0 aliphatic heterocycles. The van der Waals surface area contributed by atoms with E-state index in [4.69, 9.17) is 0 Å². The lowest BCUT2D eigenvalue weighted by Gasteiger charge is -2.18. The van der Waals surface area contributed by atoms with Gasteiger partial charge in [-0.15, -0.1) is 0 Å². The third-order valence-corrected chi connectivity index (χ3v) is 3.12. The Balaban J connectivity index is 1.97. The minimum Gasteiger partial charge on any atom is -0.388 e. The first-order valence-corrected chi connectivity index (χ1v) is 6.86. The van der Waals surface area contributed by atoms with Crippen molar-refractivity contribution < 1.29 is 5.11 Å². The third-order valence-electron chi connectivity index (χ3n) is 3.12. The molecular weight excluding hydrogens is 250 g/mol. The Kier molecular flexibility index (Phi) is 4.69. The van der Waals surface area contributed by atoms with Crippen molar-refractivity contribution in [2.45, 2.75) is 39.3 Å². The van der Waals surface area contributed by atoms with Gasteiger partial charge in [-0.2, -0.15) is 0 Å². The molecule has 0 saturated heterocycles. The molecule has 1 aromatic carbocycles. The fraction of sp³-hybridized carbons (Fsp3) is 0.375. The number of anilines is 1. The summed E-state index contributed by atoms with van der Waals surface area (Å²) in [6.45, 7) is 5.92. The second kappa shape index (κ2) is 6.48. The van der Waals surface area contributed by atoms with Gasteiger partial charge in [0.1, 0.15) is 0 Å². The summed E-state index contributed by atoms with van der Waals surface area (Å²) in [5.74, 6) is 0.621. The van der Waals surface area contributed by atoms with Crippen molar-refractivity contribution in [1.29, 1.82) is 0 Å². The van der Waals surface area contributed by atoms with Crippen molar-refractivity contribution in [3.63, 3.8) is 0 Å². The molecule has 0 aliphatic carbocycles. The van der Waals surface area contributed by atoms with E-state index in [9.17, 15) is 5.11 Å². The summed E-state index contributed by atoms with van der Waals surface area (Å²) in [7, 11) is 0. The van der Waals surface area contributed by atoms with Gasteiger partial charge in [0.2, 0.25) is 5.95 Å². The molecule has 0 unspecified atom stereocenters. The maximum atomic E-state index is 10.2. The highest BCUT2D eigenvalue weighted by atomic mass is 16.3. The first kappa shape index (κ1) is 14.5. The molecule has 0 bridgehead atoms. The smallest absolute Gasteiger partial charge is 0.223 e. The van der Waals surface area contributed by atoms with E-state index in [-0.39, 0.29) is 6.04 Å². The topological polar surface area (TPSA) is 58.0 Å². The number of hydrogen-bond acceptors (Lipinski definition) is 4. The van der Waals surface area contributed by atoms with Crippen LogP contribution in [0.4, 0.5) is 5.95 Å². The molecule has 2 atom stereocenters. The second-order valence-corrected chi connectivity index (χ2v) is 5.18. The molecule has 2 aromatic rings. The fourth-order valence-corrected chi connectivity index (χ4v) is 2.22. The molecule has 0 spiro atoms. The summed E-state index contributed by atoms with van der Waals surface area (Å²) >= 11 is 0. The van der Waals surface area contributed by atoms with Crippen molar-refractivity contribution in [3.05, 3.63) is 53.3 Å². The van der Waals surface area contributed by atoms with Crippen LogP contribution in [-0.2, 0) is 0 Å². The van der Waals surface area contributed by atoms with Crippen LogP contribution in [0.1, 0.15) is 36.4 Å². The summed E-state index contributed by atoms with van der Waals surface area (Å²) in [6.07, 6.45) is 0.130. The van der Waals surface area contributed by atoms with Crippen molar-refractivity contribution in [2.75, 3.05) is 5.32 Å². The molecule has 1 aromatic heterocycles. The summed E-state index contributed by atoms with van der Waals surface area (Å²) in [4.78, 5) is 8.70. The molecule has 4 nitrogen and oxygen atoms in total. The van der Waals surface area contributed by atoms with Crippen LogP contribution in [0.5, 0.6) is 0 Å². The number of nitrogens with one attached hydrogen (secondary N) is 1. The van der Waals surface area contributed by atoms with Gasteiger partial charge in [0.15, 0.2) is 0 Å². The number of aryl methyl sites for hydroxylation is 2. The lowest BCUT2D eigenvalue weighted by molar-refractivity contribution is 0.162. The molecule has 2 rings (SSSR count). The molecule has 20 heavy (non-hydrogen) atoms. The number of aromatic nitrogens is 2. The lowest BCUT2D eigenvalue weighted by Crippen LogP contribution is -2.20. The van der Waals surface area contributed by atoms with Crippen LogP contribution in [0.15, 0.2) is 36.4 Å². The first-order valence-electron chi connectivity index (χ1n) is 6.86. The van der Waals surface area contributed by atoms with E-state index < -0.39 is 6.10 Å². The summed E-state index contributed by atoms with van der Waals surface area (Å²) < 4.78 is 0. The van der Waals surface area contributed by atoms with E-state index in [0.717, 1.165) is 17.0 Å². The zero-order chi connectivity index (χ0) is 14.5. The number of hydrogen-bond donors (Lipinski definition) is 2. The Hall–Kier alpha value is -1.94. The van der Waals surface area contributed by atoms with E-state index in [0.29, 0.717) is 12.4 Å². The predicted molar refractivity (Wildman–Crippen MR) is 80.6 cm³/mol. The molecule has 0 saturated carbocycles. The molecule has 2 N–H and O–H groups in total. The van der Waals surface area contributed by atoms with Gasteiger partial charge in [-0.1, -0.05) is 30.3 Å². The molecular formula is C16H21N3O. The summed E-state index contributed by atoms with van der Waals surface area (Å²) in [5.41, 5.74) is 2.81. The van der Waals surface area contributed by atoms with Gasteiger partial charge in [0.25, 0.3) is 0 Å². The van der Waals surface area contributed by atoms with Gasteiger partial charge < -0.3 is 10.4 Å². The van der Waals surface area contributed by atoms with E-state index >= 15 is 0 Å². The molecule has 0 fully saturated rings. The Morgan fingerprint density at radius 1 is 1.10 bits per heavy atom. The first-order chi connectivity index (χ1) is 9.54. The zero-order valence-corrected chi connectivity index (χ0v) is 12.2. The molecule has 0 aliphatic rings. The van der Waals surface area contributed by atoms with Crippen LogP contribution < -0.4 is 5.32 Å². The number of aliphatic hydroxyl groups excluding tert-OH is 1. The minimum absolute atomic E-state index is 0.0893. The second-order valence-electron chi connectivity index (χ2n) is 5.18. The predicted octanol–water partition coefficient (Wildman–Crippen LogP) is 3.02. The van der Waals surface area contributed by atoms with Crippen LogP contribution in [0.2, 0.25) is 0 Å². The highest BCUT2D eigenvalue weighted by Gasteiger charge is 2.13. The Morgan fingerprint density at radius 2 is 1.70 bits per heavy atom. The molecule has 0 radical (unpaired) electrons. The number of nitrogens with zero attached hydrogens (tertiary/aromatic N) is 2. The number of rotatable bonds is 5. The van der Waals surface area contributed by atoms with E-state index in [1.165, 1.54) is 0 Å². The van der Waals surface area contributed by atoms with Gasteiger partial charge in [-0.05, 0) is 38.8 Å². The standard InChI is InChI=1S/C16H21N3O/c1-11-9-12(2)18-16(17-11)19-13(3)10-15(20)14-7-5-4-6-8-14/h4-9,13,15,20H,10H2,1-3H3,(H,17,18,19)/t13-,15+/m1/s1. The monoisotopic (exact) mass is 271 g/mol. The van der Waals surface area contributed by atoms with Gasteiger partial charge in [0, 0.05) is 17.4 Å². The Morgan fingerprint density at radius 3 is 2.30 bits per heavy atom. The van der Waals surface area contributed by atoms with Gasteiger partial charge >= 0.3 is 0 Å². The zero-order valence-electron chi connectivity index (χ0n) is 12.2. The Labute approximate surface area is 119 Å². The normalized spacial score (nSPS) is 13.8. The van der Waals surface area contributed by atoms with Crippen LogP contribution in [0, 0.1) is 13.8 Å². The van der Waals surface area contributed by atoms with Crippen molar-refractivity contribution in [3.8, 4) is 0 Å². The average Bonchev–Trinajstić information content (AvgIpc) is 2.38. The molecule has 1 heterocycles. The summed E-state index contributed by atoms with van der Waals surface area (Å²) in [6, 6.07) is 11.7. The van der Waals surface area contributed by atoms with Gasteiger partial charge in [0.05, 0.1) is 6.10 Å². The Bertz CT molecular complexity index is 537. The van der Waals surface area contributed by atoms with Crippen molar-refractivity contribution >= 4 is 5.95 Å². The van der Waals surface area contributed by atoms with Crippen LogP contribution >= 0.6 is 0 Å². The van der Waals surface area contributed by atoms with E-state index in [2.05, 4.69) is 15.3 Å². The van der Waals surface area contributed by atoms with Crippen LogP contribution in [-0.4, -0.2) is 21.1 Å². The largest absolute Gasteiger partial charge is 0.388 e. The quantitative estimate of drug-likeness (QED) is 0.877. The molecule has 106 valence electrons. The minimum atomic E-state index is -0.482. The highest BCUT2D eigenvalue weighted by Crippen LogP contribution is 2.19. The number of aliphatic hydroxyl groups is 1. The molecule has 0 amide bonds. The van der Waals surface area contributed by atoms with E-state index in [1.807, 2.05) is 57.2 Å². The van der Waals surface area contributed by atoms with Crippen LogP contribution in [0.25, 0.3) is 0 Å². The maximum Gasteiger partial charge on any atom is 0.223 e.